The van der Waals surface area contributed by atoms with Gasteiger partial charge in [-0.15, -0.1) is 0 Å². The molecule has 0 amide bonds. The van der Waals surface area contributed by atoms with Crippen LogP contribution in [0.1, 0.15) is 41.5 Å². The van der Waals surface area contributed by atoms with Gasteiger partial charge >= 0.3 is 0 Å². The fourth-order valence-electron chi connectivity index (χ4n) is 5.18. The van der Waals surface area contributed by atoms with Crippen molar-refractivity contribution in [2.24, 2.45) is 13.5 Å². The van der Waals surface area contributed by atoms with Crippen molar-refractivity contribution in [1.82, 2.24) is 28.0 Å². The fourth-order valence-corrected chi connectivity index (χ4v) is 22.2. The molecule has 0 N–H and O–H groups in total. The molecule has 12 unspecified atom stereocenters. The molecule has 0 bridgehead atoms. The number of rotatable bonds is 6. The van der Waals surface area contributed by atoms with Crippen molar-refractivity contribution in [2.75, 3.05) is 39.3 Å². The molecule has 0 saturated carbocycles. The highest BCUT2D eigenvalue weighted by atomic mass is 31.3. The van der Waals surface area contributed by atoms with Gasteiger partial charge in [0.05, 0.1) is 0 Å². The Labute approximate surface area is 181 Å². The summed E-state index contributed by atoms with van der Waals surface area (Å²) in [6.45, 7) is 21.1. The number of hydrogen-bond acceptors (Lipinski definition) is 9. The highest BCUT2D eigenvalue weighted by molar-refractivity contribution is 7.83. The zero-order valence-electron chi connectivity index (χ0n) is 19.1. The molecule has 30 heavy (non-hydrogen) atoms. The van der Waals surface area contributed by atoms with E-state index in [1.807, 2.05) is 0 Å². The molecule has 12 atom stereocenters. The molecule has 7 aliphatic rings. The molecule has 6 fully saturated rings. The first kappa shape index (κ1) is 19.9. The van der Waals surface area contributed by atoms with Crippen LogP contribution in [-0.4, -0.2) is 104 Å². The van der Waals surface area contributed by atoms with Crippen LogP contribution < -0.4 is 0 Å². The summed E-state index contributed by atoms with van der Waals surface area (Å²) in [4.78, 5) is 0. The van der Waals surface area contributed by atoms with Gasteiger partial charge in [-0.05, 0) is 41.5 Å². The number of hydrogen-bond donors (Lipinski definition) is 0. The van der Waals surface area contributed by atoms with E-state index >= 15 is 0 Å². The zero-order chi connectivity index (χ0) is 20.8. The first-order valence-corrected chi connectivity index (χ1v) is 16.6. The molecule has 0 radical (unpaired) electrons. The molecule has 7 aliphatic heterocycles. The van der Waals surface area contributed by atoms with Gasteiger partial charge in [0.25, 0.3) is 0 Å². The van der Waals surface area contributed by atoms with Crippen LogP contribution in [0.25, 0.3) is 0 Å². The molecule has 0 aromatic rings. The Hall–Kier alpha value is 0.450. The first-order chi connectivity index (χ1) is 14.2. The van der Waals surface area contributed by atoms with Gasteiger partial charge in [0.2, 0.25) is 22.5 Å². The van der Waals surface area contributed by atoms with E-state index in [0.29, 0.717) is 36.3 Å². The lowest BCUT2D eigenvalue weighted by molar-refractivity contribution is 0.667. The van der Waals surface area contributed by atoms with Crippen LogP contribution in [-0.2, 0) is 0 Å². The Morgan fingerprint density at radius 3 is 0.633 bits per heavy atom. The van der Waals surface area contributed by atoms with E-state index in [0.717, 1.165) is 39.3 Å². The standard InChI is InChI=1S/C18H36N9P3/c1-13-7-22(13)28(23-8-14(23)2)19-29(24-9-15(24)3,25-10-16(25)4)21-30(20-28,26-11-17(26)5)27-12-18(27)6/h13-18H,7-12H2,1-6H3. The van der Waals surface area contributed by atoms with E-state index in [4.69, 9.17) is 13.5 Å². The summed E-state index contributed by atoms with van der Waals surface area (Å²) in [6.07, 6.45) is 0. The Balaban J connectivity index is 1.53. The van der Waals surface area contributed by atoms with Crippen LogP contribution in [0.5, 0.6) is 0 Å². The molecular formula is C18H36N9P3. The largest absolute Gasteiger partial charge is 0.234 e. The fraction of sp³-hybridized carbons (Fsp3) is 1.00. The molecular weight excluding hydrogens is 435 g/mol. The second-order valence-corrected chi connectivity index (χ2v) is 19.2. The lowest BCUT2D eigenvalue weighted by Gasteiger charge is -2.40. The smallest absolute Gasteiger partial charge is 0.221 e. The quantitative estimate of drug-likeness (QED) is 0.430. The molecule has 6 saturated heterocycles. The monoisotopic (exact) mass is 471 g/mol. The van der Waals surface area contributed by atoms with Gasteiger partial charge in [0.1, 0.15) is 0 Å². The van der Waals surface area contributed by atoms with E-state index < -0.39 is 22.5 Å². The Morgan fingerprint density at radius 1 is 0.400 bits per heavy atom. The molecule has 7 heterocycles. The van der Waals surface area contributed by atoms with E-state index in [2.05, 4.69) is 69.6 Å². The second kappa shape index (κ2) is 5.92. The average Bonchev–Trinajstić information content (AvgIpc) is 3.48. The molecule has 0 aromatic carbocycles. The molecule has 0 aliphatic carbocycles. The Bertz CT molecular complexity index is 795. The summed E-state index contributed by atoms with van der Waals surface area (Å²) in [7, 11) is -6.22. The molecule has 0 spiro atoms. The highest BCUT2D eigenvalue weighted by Gasteiger charge is 2.66. The van der Waals surface area contributed by atoms with Gasteiger partial charge in [0.15, 0.2) is 0 Å². The summed E-state index contributed by atoms with van der Waals surface area (Å²) in [6, 6.07) is 3.65. The van der Waals surface area contributed by atoms with Crippen molar-refractivity contribution in [3.63, 3.8) is 0 Å². The van der Waals surface area contributed by atoms with Crippen molar-refractivity contribution in [1.29, 1.82) is 0 Å². The lowest BCUT2D eigenvalue weighted by atomic mass is 10.6. The third-order valence-corrected chi connectivity index (χ3v) is 21.0. The van der Waals surface area contributed by atoms with Crippen LogP contribution in [0, 0.1) is 0 Å². The summed E-state index contributed by atoms with van der Waals surface area (Å²) in [5.41, 5.74) is 0. The van der Waals surface area contributed by atoms with Crippen LogP contribution >= 0.6 is 22.5 Å². The van der Waals surface area contributed by atoms with Crippen molar-refractivity contribution >= 4 is 22.5 Å². The minimum atomic E-state index is -2.07. The Kier molecular flexibility index (Phi) is 3.92. The summed E-state index contributed by atoms with van der Waals surface area (Å²) < 4.78 is 33.9. The van der Waals surface area contributed by atoms with Gasteiger partial charge in [-0.3, -0.25) is 0 Å². The molecule has 168 valence electrons. The van der Waals surface area contributed by atoms with E-state index in [1.54, 1.807) is 0 Å². The van der Waals surface area contributed by atoms with Crippen molar-refractivity contribution in [3.05, 3.63) is 0 Å². The van der Waals surface area contributed by atoms with Crippen molar-refractivity contribution in [2.45, 2.75) is 77.8 Å². The second-order valence-electron chi connectivity index (χ2n) is 10.7. The normalized spacial score (nSPS) is 69.4. The summed E-state index contributed by atoms with van der Waals surface area (Å²) in [5, 5.41) is 0. The Morgan fingerprint density at radius 2 is 0.533 bits per heavy atom. The number of nitrogens with zero attached hydrogens (tertiary/aromatic N) is 9. The molecule has 12 heteroatoms. The minimum absolute atomic E-state index is 0.608. The van der Waals surface area contributed by atoms with Gasteiger partial charge in [-0.1, -0.05) is 0 Å². The van der Waals surface area contributed by atoms with Gasteiger partial charge in [-0.2, -0.15) is 13.5 Å². The summed E-state index contributed by atoms with van der Waals surface area (Å²) in [5.74, 6) is 0. The minimum Gasteiger partial charge on any atom is -0.234 e. The maximum Gasteiger partial charge on any atom is 0.221 e. The van der Waals surface area contributed by atoms with Crippen molar-refractivity contribution < 1.29 is 0 Å². The average molecular weight is 471 g/mol. The predicted molar refractivity (Wildman–Crippen MR) is 125 cm³/mol. The van der Waals surface area contributed by atoms with Gasteiger partial charge in [0, 0.05) is 75.5 Å². The van der Waals surface area contributed by atoms with E-state index in [9.17, 15) is 0 Å². The van der Waals surface area contributed by atoms with Crippen LogP contribution in [0.15, 0.2) is 13.5 Å². The first-order valence-electron chi connectivity index (χ1n) is 11.8. The van der Waals surface area contributed by atoms with Crippen LogP contribution in [0.4, 0.5) is 0 Å². The van der Waals surface area contributed by atoms with Gasteiger partial charge in [-0.25, -0.2) is 28.0 Å². The summed E-state index contributed by atoms with van der Waals surface area (Å²) >= 11 is 0. The molecule has 9 nitrogen and oxygen atoms in total. The maximum absolute atomic E-state index is 5.93. The SMILES string of the molecule is CC1CN1P1(N2CC2C)=NP(N2CC2C)(N2CC2C)=NP(N2CC2C)(N2CC2C)=N1. The molecule has 7 rings (SSSR count). The maximum atomic E-state index is 5.93. The third kappa shape index (κ3) is 2.62. The lowest BCUT2D eigenvalue weighted by Crippen LogP contribution is -2.17. The van der Waals surface area contributed by atoms with E-state index in [-0.39, 0.29) is 0 Å². The predicted octanol–water partition coefficient (Wildman–Crippen LogP) is 4.06. The van der Waals surface area contributed by atoms with Crippen molar-refractivity contribution in [3.8, 4) is 0 Å². The van der Waals surface area contributed by atoms with Crippen LogP contribution in [0.2, 0.25) is 0 Å². The third-order valence-electron chi connectivity index (χ3n) is 7.75. The van der Waals surface area contributed by atoms with Gasteiger partial charge < -0.3 is 0 Å². The topological polar surface area (TPSA) is 55.1 Å². The molecule has 0 aromatic heterocycles. The zero-order valence-corrected chi connectivity index (χ0v) is 21.8. The van der Waals surface area contributed by atoms with E-state index in [1.165, 1.54) is 0 Å². The van der Waals surface area contributed by atoms with Crippen LogP contribution in [0.3, 0.4) is 0 Å². The highest BCUT2D eigenvalue weighted by Crippen LogP contribution is 2.89.